The topological polar surface area (TPSA) is 0 Å². The van der Waals surface area contributed by atoms with Crippen molar-refractivity contribution in [1.82, 2.24) is 0 Å². The Kier molecular flexibility index (Phi) is 382. The van der Waals surface area contributed by atoms with E-state index in [4.69, 9.17) is 0 Å². The van der Waals surface area contributed by atoms with Gasteiger partial charge in [-0.25, -0.2) is 0 Å². The summed E-state index contributed by atoms with van der Waals surface area (Å²) in [5.41, 5.74) is 0. The van der Waals surface area contributed by atoms with Crippen LogP contribution in [0.2, 0.25) is 0 Å². The van der Waals surface area contributed by atoms with Crippen LogP contribution in [-0.2, 0) is 32.7 Å². The van der Waals surface area contributed by atoms with Crippen LogP contribution in [0.5, 0.6) is 0 Å². The van der Waals surface area contributed by atoms with Crippen molar-refractivity contribution in [3.8, 4) is 0 Å². The molecule has 5 heavy (non-hydrogen) atoms. The van der Waals surface area contributed by atoms with Crippen molar-refractivity contribution in [2.75, 3.05) is 0 Å². The summed E-state index contributed by atoms with van der Waals surface area (Å²) in [6.07, 6.45) is 0. The molecule has 0 atom stereocenters. The standard InChI is InChI=1S/2FH.F.Nd.Y/h2*1H;;;. The van der Waals surface area contributed by atoms with Crippen LogP contribution in [-0.4, -0.2) is 0 Å². The Morgan fingerprint density at radius 1 is 0.800 bits per heavy atom. The molecule has 0 bridgehead atoms. The fourth-order valence-corrected chi connectivity index (χ4v) is 0. The van der Waals surface area contributed by atoms with Crippen LogP contribution < -0.4 is 0 Å². The zero-order chi connectivity index (χ0) is 0. The van der Waals surface area contributed by atoms with E-state index in [9.17, 15) is 0 Å². The molecule has 2 radical (unpaired) electrons. The first kappa shape index (κ1) is 56.1. The van der Waals surface area contributed by atoms with E-state index in [0.29, 0.717) is 0 Å². The summed E-state index contributed by atoms with van der Waals surface area (Å²) in [4.78, 5) is 0. The van der Waals surface area contributed by atoms with Crippen LogP contribution in [0.3, 0.4) is 0 Å². The third kappa shape index (κ3) is 22.3. The van der Waals surface area contributed by atoms with Crippen LogP contribution in [0.15, 0.2) is 0 Å². The maximum atomic E-state index is 0. The molecule has 0 aliphatic rings. The normalized spacial score (nSPS) is 0. The summed E-state index contributed by atoms with van der Waals surface area (Å²) < 4.78 is 0. The number of halogens is 3. The SMILES string of the molecule is F.F.[F].[Nd].[Y]. The summed E-state index contributed by atoms with van der Waals surface area (Å²) >= 11 is 0. The van der Waals surface area contributed by atoms with E-state index in [0.717, 1.165) is 0 Å². The molecule has 0 saturated heterocycles. The van der Waals surface area contributed by atoms with Gasteiger partial charge < -0.3 is 0 Å². The van der Waals surface area contributed by atoms with Gasteiger partial charge in [-0.3, -0.25) is 9.41 Å². The molecule has 5 heteroatoms. The minimum absolute atomic E-state index is 0. The molecule has 0 heterocycles. The predicted molar refractivity (Wildman–Crippen MR) is 6.11 cm³/mol. The van der Waals surface area contributed by atoms with E-state index in [2.05, 4.69) is 0 Å². The van der Waals surface area contributed by atoms with Crippen molar-refractivity contribution in [2.24, 2.45) is 0 Å². The van der Waals surface area contributed by atoms with E-state index >= 15 is 0 Å². The zero-order valence-corrected chi connectivity index (χ0v) is 8.32. The molecule has 0 aliphatic heterocycles. The minimum atomic E-state index is 0. The molecule has 0 aromatic carbocycles. The van der Waals surface area contributed by atoms with Gasteiger partial charge in [-0.05, 0) is 0 Å². The van der Waals surface area contributed by atoms with Crippen LogP contribution >= 0.6 is 0 Å². The van der Waals surface area contributed by atoms with Crippen LogP contribution in [0.4, 0.5) is 14.1 Å². The van der Waals surface area contributed by atoms with Crippen molar-refractivity contribution >= 4 is 0 Å². The van der Waals surface area contributed by atoms with Gasteiger partial charge in [0.2, 0.25) is 0 Å². The Labute approximate surface area is 86.0 Å². The Morgan fingerprint density at radius 3 is 0.800 bits per heavy atom. The molecule has 0 spiro atoms. The summed E-state index contributed by atoms with van der Waals surface area (Å²) in [6, 6.07) is 0. The van der Waals surface area contributed by atoms with Gasteiger partial charge >= 0.3 is 0 Å². The van der Waals surface area contributed by atoms with Crippen LogP contribution in [0, 0.1) is 40.8 Å². The Balaban J connectivity index is 0. The van der Waals surface area contributed by atoms with Gasteiger partial charge in [0.25, 0.3) is 0 Å². The van der Waals surface area contributed by atoms with Gasteiger partial charge in [-0.2, -0.15) is 0 Å². The Hall–Kier alpha value is 2.24. The first-order valence-corrected chi connectivity index (χ1v) is 0. The maximum absolute atomic E-state index is 0. The number of rotatable bonds is 0. The summed E-state index contributed by atoms with van der Waals surface area (Å²) in [5.74, 6) is 0. The molecule has 30 valence electrons. The molecule has 0 aromatic heterocycles. The largest absolute Gasteiger partial charge is 0.269 e. The van der Waals surface area contributed by atoms with Crippen LogP contribution in [0.1, 0.15) is 0 Å². The molecule has 0 aliphatic carbocycles. The molecule has 0 nitrogen and oxygen atoms in total. The van der Waals surface area contributed by atoms with E-state index in [1.165, 1.54) is 0 Å². The summed E-state index contributed by atoms with van der Waals surface area (Å²) in [5, 5.41) is 0. The van der Waals surface area contributed by atoms with Crippen molar-refractivity contribution in [2.45, 2.75) is 0 Å². The first-order chi connectivity index (χ1) is 0. The fourth-order valence-electron chi connectivity index (χ4n) is 0. The van der Waals surface area contributed by atoms with Gasteiger partial charge in [-0.15, -0.1) is 0 Å². The van der Waals surface area contributed by atoms with Gasteiger partial charge in [-0.1, -0.05) is 0 Å². The first-order valence-electron chi connectivity index (χ1n) is 0. The van der Waals surface area contributed by atoms with Gasteiger partial charge in [0, 0.05) is 78.3 Å². The second-order valence-corrected chi connectivity index (χ2v) is 0. The third-order valence-corrected chi connectivity index (χ3v) is 0. The second-order valence-electron chi connectivity index (χ2n) is 0. The predicted octanol–water partition coefficient (Wildman–Crippen LogP) is 0.723. The van der Waals surface area contributed by atoms with E-state index in [-0.39, 0.29) is 87.7 Å². The quantitative estimate of drug-likeness (QED) is 0.617. The molecule has 0 saturated carbocycles. The smallest absolute Gasteiger partial charge is 0 e. The third-order valence-electron chi connectivity index (χ3n) is 0. The molecule has 0 rings (SSSR count). The molecule has 0 fully saturated rings. The van der Waals surface area contributed by atoms with Gasteiger partial charge in [0.05, 0.1) is 0 Å². The van der Waals surface area contributed by atoms with E-state index in [1.807, 2.05) is 0 Å². The van der Waals surface area contributed by atoms with E-state index in [1.54, 1.807) is 0 Å². The van der Waals surface area contributed by atoms with Crippen molar-refractivity contribution in [3.05, 3.63) is 0 Å². The minimum Gasteiger partial charge on any atom is -0.269 e. The zero-order valence-electron chi connectivity index (χ0n) is 2.27. The molecule has 0 amide bonds. The fraction of sp³-hybridized carbons (Fsp3) is 0. The van der Waals surface area contributed by atoms with Gasteiger partial charge in [0.1, 0.15) is 0 Å². The Morgan fingerprint density at radius 2 is 0.800 bits per heavy atom. The molecular weight excluding hydrogens is 290 g/mol. The number of hydrogen-bond donors (Lipinski definition) is 0. The average Bonchev–Trinajstić information content (AvgIpc) is 0. The Bertz CT molecular complexity index is 6.85. The molecular formula is H2F3NdY. The second kappa shape index (κ2) is 34.1. The van der Waals surface area contributed by atoms with Crippen molar-refractivity contribution in [1.29, 1.82) is 0 Å². The monoisotopic (exact) mass is 290 g/mol. The number of hydrogen-bond acceptors (Lipinski definition) is 0. The summed E-state index contributed by atoms with van der Waals surface area (Å²) in [6.45, 7) is 0. The van der Waals surface area contributed by atoms with Crippen molar-refractivity contribution < 1.29 is 87.7 Å². The van der Waals surface area contributed by atoms with E-state index < -0.39 is 0 Å². The van der Waals surface area contributed by atoms with Crippen molar-refractivity contribution in [3.63, 3.8) is 0 Å². The molecule has 0 unspecified atom stereocenters. The molecule has 0 aromatic rings. The summed E-state index contributed by atoms with van der Waals surface area (Å²) in [7, 11) is 0. The van der Waals surface area contributed by atoms with Crippen LogP contribution in [0.25, 0.3) is 0 Å². The van der Waals surface area contributed by atoms with Gasteiger partial charge in [0.15, 0.2) is 0 Å². The maximum Gasteiger partial charge on any atom is 0 e. The average molecular weight is 292 g/mol. The molecule has 0 N–H and O–H groups in total.